The minimum atomic E-state index is -0.305. The Balaban J connectivity index is 1.59. The zero-order chi connectivity index (χ0) is 22.3. The molecule has 0 radical (unpaired) electrons. The lowest BCUT2D eigenvalue weighted by molar-refractivity contribution is 0.0931. The monoisotopic (exact) mass is 434 g/mol. The van der Waals surface area contributed by atoms with Gasteiger partial charge in [-0.2, -0.15) is 4.98 Å². The van der Waals surface area contributed by atoms with Gasteiger partial charge in [0.2, 0.25) is 11.8 Å². The molecule has 0 saturated carbocycles. The van der Waals surface area contributed by atoms with Gasteiger partial charge in [-0.15, -0.1) is 0 Å². The number of amides is 1. The minimum absolute atomic E-state index is 0.241. The summed E-state index contributed by atoms with van der Waals surface area (Å²) in [6, 6.07) is 15.7. The van der Waals surface area contributed by atoms with Crippen LogP contribution in [-0.2, 0) is 17.8 Å². The number of methoxy groups -OCH3 is 2. The average molecular weight is 434 g/mol. The number of anilines is 2. The lowest BCUT2D eigenvalue weighted by Crippen LogP contribution is -2.28. The number of rotatable bonds is 9. The standard InChI is InChI=1S/C24H26N4O4/c1-30-14-12-25-22(29)20-15-26-24(28-13-11-18-5-3-4-6-21(18)28)27-23(20)32-16-17-7-9-19(31-2)10-8-17/h3-10,15H,11-14,16H2,1-2H3,(H,25,29). The highest BCUT2D eigenvalue weighted by Crippen LogP contribution is 2.33. The molecule has 0 bridgehead atoms. The number of para-hydroxylation sites is 1. The molecule has 8 nitrogen and oxygen atoms in total. The van der Waals surface area contributed by atoms with Crippen LogP contribution in [0.1, 0.15) is 21.5 Å². The summed E-state index contributed by atoms with van der Waals surface area (Å²) >= 11 is 0. The number of hydrogen-bond donors (Lipinski definition) is 1. The first-order valence-electron chi connectivity index (χ1n) is 10.4. The van der Waals surface area contributed by atoms with Gasteiger partial charge < -0.3 is 24.4 Å². The number of aromatic nitrogens is 2. The largest absolute Gasteiger partial charge is 0.497 e. The van der Waals surface area contributed by atoms with Gasteiger partial charge in [-0.3, -0.25) is 4.79 Å². The van der Waals surface area contributed by atoms with Crippen LogP contribution in [0.2, 0.25) is 0 Å². The van der Waals surface area contributed by atoms with Crippen LogP contribution in [0.25, 0.3) is 0 Å². The number of hydrogen-bond acceptors (Lipinski definition) is 7. The molecular weight excluding hydrogens is 408 g/mol. The SMILES string of the molecule is COCCNC(=O)c1cnc(N2CCc3ccccc32)nc1OCc1ccc(OC)cc1. The van der Waals surface area contributed by atoms with Crippen molar-refractivity contribution in [2.24, 2.45) is 0 Å². The Bertz CT molecular complexity index is 1070. The van der Waals surface area contributed by atoms with Crippen LogP contribution < -0.4 is 19.7 Å². The first kappa shape index (κ1) is 21.6. The summed E-state index contributed by atoms with van der Waals surface area (Å²) in [6.07, 6.45) is 2.44. The van der Waals surface area contributed by atoms with E-state index in [1.165, 1.54) is 11.8 Å². The molecule has 3 aromatic rings. The fourth-order valence-corrected chi connectivity index (χ4v) is 3.53. The molecule has 1 aliphatic heterocycles. The Morgan fingerprint density at radius 1 is 1.12 bits per heavy atom. The molecule has 32 heavy (non-hydrogen) atoms. The summed E-state index contributed by atoms with van der Waals surface area (Å²) in [6.45, 7) is 1.83. The van der Waals surface area contributed by atoms with E-state index in [-0.39, 0.29) is 24.0 Å². The van der Waals surface area contributed by atoms with E-state index in [9.17, 15) is 4.79 Å². The average Bonchev–Trinajstić information content (AvgIpc) is 3.27. The van der Waals surface area contributed by atoms with Crippen molar-refractivity contribution in [3.8, 4) is 11.6 Å². The molecule has 0 spiro atoms. The Morgan fingerprint density at radius 3 is 2.72 bits per heavy atom. The second kappa shape index (κ2) is 10.1. The molecule has 1 N–H and O–H groups in total. The van der Waals surface area contributed by atoms with Crippen LogP contribution in [0.15, 0.2) is 54.7 Å². The predicted molar refractivity (Wildman–Crippen MR) is 121 cm³/mol. The number of ether oxygens (including phenoxy) is 3. The molecule has 4 rings (SSSR count). The highest BCUT2D eigenvalue weighted by molar-refractivity contribution is 5.96. The topological polar surface area (TPSA) is 85.8 Å². The summed E-state index contributed by atoms with van der Waals surface area (Å²) in [7, 11) is 3.21. The molecule has 8 heteroatoms. The summed E-state index contributed by atoms with van der Waals surface area (Å²) in [5, 5.41) is 2.80. The number of carbonyl (C=O) groups is 1. The van der Waals surface area contributed by atoms with Crippen LogP contribution in [0.3, 0.4) is 0 Å². The molecular formula is C24H26N4O4. The maximum absolute atomic E-state index is 12.7. The van der Waals surface area contributed by atoms with Gasteiger partial charge in [0, 0.05) is 32.1 Å². The van der Waals surface area contributed by atoms with Gasteiger partial charge in [0.1, 0.15) is 17.9 Å². The van der Waals surface area contributed by atoms with E-state index >= 15 is 0 Å². The van der Waals surface area contributed by atoms with Crippen molar-refractivity contribution in [2.45, 2.75) is 13.0 Å². The normalized spacial score (nSPS) is 12.4. The third-order valence-electron chi connectivity index (χ3n) is 5.24. The Morgan fingerprint density at radius 2 is 1.94 bits per heavy atom. The minimum Gasteiger partial charge on any atom is -0.497 e. The molecule has 1 amide bonds. The van der Waals surface area contributed by atoms with Crippen LogP contribution in [-0.4, -0.2) is 49.8 Å². The van der Waals surface area contributed by atoms with E-state index in [0.29, 0.717) is 19.1 Å². The van der Waals surface area contributed by atoms with E-state index in [1.807, 2.05) is 41.3 Å². The van der Waals surface area contributed by atoms with Crippen LogP contribution in [0.5, 0.6) is 11.6 Å². The second-order valence-electron chi connectivity index (χ2n) is 7.30. The van der Waals surface area contributed by atoms with Crippen molar-refractivity contribution in [1.82, 2.24) is 15.3 Å². The van der Waals surface area contributed by atoms with Crippen LogP contribution >= 0.6 is 0 Å². The Hall–Kier alpha value is -3.65. The summed E-state index contributed by atoms with van der Waals surface area (Å²) in [5.41, 5.74) is 3.54. The summed E-state index contributed by atoms with van der Waals surface area (Å²) in [5.74, 6) is 1.21. The number of nitrogens with zero attached hydrogens (tertiary/aromatic N) is 3. The lowest BCUT2D eigenvalue weighted by Gasteiger charge is -2.19. The van der Waals surface area contributed by atoms with E-state index in [4.69, 9.17) is 14.2 Å². The molecule has 2 aromatic carbocycles. The quantitative estimate of drug-likeness (QED) is 0.518. The predicted octanol–water partition coefficient (Wildman–Crippen LogP) is 3.13. The molecule has 0 aliphatic carbocycles. The highest BCUT2D eigenvalue weighted by atomic mass is 16.5. The molecule has 0 saturated heterocycles. The maximum Gasteiger partial charge on any atom is 0.258 e. The lowest BCUT2D eigenvalue weighted by atomic mass is 10.2. The van der Waals surface area contributed by atoms with Crippen molar-refractivity contribution in [3.05, 3.63) is 71.4 Å². The second-order valence-corrected chi connectivity index (χ2v) is 7.30. The Labute approximate surface area is 187 Å². The first-order valence-corrected chi connectivity index (χ1v) is 10.4. The van der Waals surface area contributed by atoms with Gasteiger partial charge in [0.25, 0.3) is 5.91 Å². The summed E-state index contributed by atoms with van der Waals surface area (Å²) in [4.78, 5) is 23.9. The zero-order valence-electron chi connectivity index (χ0n) is 18.2. The van der Waals surface area contributed by atoms with Crippen molar-refractivity contribution in [2.75, 3.05) is 38.8 Å². The zero-order valence-corrected chi connectivity index (χ0v) is 18.2. The first-order chi connectivity index (χ1) is 15.7. The Kier molecular flexibility index (Phi) is 6.81. The van der Waals surface area contributed by atoms with Gasteiger partial charge in [-0.25, -0.2) is 4.98 Å². The van der Waals surface area contributed by atoms with Gasteiger partial charge in [-0.1, -0.05) is 30.3 Å². The number of fused-ring (bicyclic) bond motifs is 1. The molecule has 166 valence electrons. The van der Waals surface area contributed by atoms with Gasteiger partial charge >= 0.3 is 0 Å². The molecule has 2 heterocycles. The molecule has 1 aromatic heterocycles. The number of benzene rings is 2. The fourth-order valence-electron chi connectivity index (χ4n) is 3.53. The van der Waals surface area contributed by atoms with E-state index in [1.54, 1.807) is 14.2 Å². The number of nitrogens with one attached hydrogen (secondary N) is 1. The van der Waals surface area contributed by atoms with Crippen LogP contribution in [0, 0.1) is 0 Å². The fraction of sp³-hybridized carbons (Fsp3) is 0.292. The molecule has 0 atom stereocenters. The van der Waals surface area contributed by atoms with E-state index < -0.39 is 0 Å². The molecule has 0 fully saturated rings. The van der Waals surface area contributed by atoms with Gasteiger partial charge in [-0.05, 0) is 35.7 Å². The van der Waals surface area contributed by atoms with Gasteiger partial charge in [0.15, 0.2) is 0 Å². The van der Waals surface area contributed by atoms with Crippen molar-refractivity contribution in [3.63, 3.8) is 0 Å². The third-order valence-corrected chi connectivity index (χ3v) is 5.24. The van der Waals surface area contributed by atoms with Gasteiger partial charge in [0.05, 0.1) is 13.7 Å². The van der Waals surface area contributed by atoms with Crippen molar-refractivity contribution >= 4 is 17.5 Å². The maximum atomic E-state index is 12.7. The smallest absolute Gasteiger partial charge is 0.258 e. The number of carbonyl (C=O) groups excluding carboxylic acids is 1. The van der Waals surface area contributed by atoms with E-state index in [0.717, 1.165) is 30.0 Å². The van der Waals surface area contributed by atoms with Crippen molar-refractivity contribution < 1.29 is 19.0 Å². The van der Waals surface area contributed by atoms with E-state index in [2.05, 4.69) is 27.4 Å². The van der Waals surface area contributed by atoms with Crippen molar-refractivity contribution in [1.29, 1.82) is 0 Å². The molecule has 1 aliphatic rings. The highest BCUT2D eigenvalue weighted by Gasteiger charge is 2.24. The molecule has 0 unspecified atom stereocenters. The summed E-state index contributed by atoms with van der Waals surface area (Å²) < 4.78 is 16.2. The van der Waals surface area contributed by atoms with Crippen LogP contribution in [0.4, 0.5) is 11.6 Å². The third kappa shape index (κ3) is 4.81.